The van der Waals surface area contributed by atoms with Crippen molar-refractivity contribution in [1.29, 1.82) is 0 Å². The van der Waals surface area contributed by atoms with Gasteiger partial charge >= 0.3 is 5.97 Å². The molecule has 2 aromatic rings. The molecule has 0 amide bonds. The second-order valence-electron chi connectivity index (χ2n) is 6.96. The fourth-order valence-corrected chi connectivity index (χ4v) is 5.90. The summed E-state index contributed by atoms with van der Waals surface area (Å²) in [5, 5.41) is 7.88. The van der Waals surface area contributed by atoms with Crippen LogP contribution in [0.4, 0.5) is 0 Å². The number of nitrogens with zero attached hydrogens (tertiary/aromatic N) is 3. The number of piperidine rings is 1. The third-order valence-electron chi connectivity index (χ3n) is 4.81. The van der Waals surface area contributed by atoms with Crippen LogP contribution in [0.15, 0.2) is 38.8 Å². The summed E-state index contributed by atoms with van der Waals surface area (Å²) in [5.41, 5.74) is 0.528. The first kappa shape index (κ1) is 19.4. The number of aromatic nitrogens is 2. The molecule has 150 valence electrons. The number of esters is 1. The highest BCUT2D eigenvalue weighted by Crippen LogP contribution is 2.33. The highest BCUT2D eigenvalue weighted by molar-refractivity contribution is 8.00. The molecule has 10 heteroatoms. The van der Waals surface area contributed by atoms with Gasteiger partial charge in [0.1, 0.15) is 11.4 Å². The van der Waals surface area contributed by atoms with Crippen molar-refractivity contribution in [3.63, 3.8) is 0 Å². The molecule has 0 bridgehead atoms. The molecule has 2 aliphatic rings. The van der Waals surface area contributed by atoms with Gasteiger partial charge in [0.2, 0.25) is 15.9 Å². The number of ether oxygens (including phenoxy) is 1. The van der Waals surface area contributed by atoms with E-state index in [0.717, 1.165) is 19.3 Å². The Morgan fingerprint density at radius 1 is 1.18 bits per heavy atom. The van der Waals surface area contributed by atoms with Crippen LogP contribution >= 0.6 is 11.8 Å². The van der Waals surface area contributed by atoms with Crippen LogP contribution in [0.25, 0.3) is 11.5 Å². The number of sulfonamides is 1. The van der Waals surface area contributed by atoms with Crippen molar-refractivity contribution in [2.45, 2.75) is 54.1 Å². The van der Waals surface area contributed by atoms with Crippen LogP contribution in [-0.2, 0) is 19.6 Å². The van der Waals surface area contributed by atoms with Crippen LogP contribution in [0, 0.1) is 0 Å². The van der Waals surface area contributed by atoms with Gasteiger partial charge in [-0.2, -0.15) is 4.31 Å². The van der Waals surface area contributed by atoms with E-state index in [1.54, 1.807) is 24.3 Å². The van der Waals surface area contributed by atoms with Gasteiger partial charge in [-0.05, 0) is 49.7 Å². The Balaban J connectivity index is 1.53. The highest BCUT2D eigenvalue weighted by Gasteiger charge is 2.34. The lowest BCUT2D eigenvalue weighted by molar-refractivity contribution is -0.140. The Hall–Kier alpha value is -1.91. The maximum Gasteiger partial charge on any atom is 0.320 e. The van der Waals surface area contributed by atoms with Gasteiger partial charge in [0.25, 0.3) is 5.22 Å². The van der Waals surface area contributed by atoms with Crippen LogP contribution in [0.3, 0.4) is 0 Å². The van der Waals surface area contributed by atoms with Crippen LogP contribution in [0.1, 0.15) is 32.6 Å². The van der Waals surface area contributed by atoms with E-state index in [4.69, 9.17) is 9.15 Å². The van der Waals surface area contributed by atoms with Gasteiger partial charge in [-0.15, -0.1) is 10.2 Å². The number of cyclic esters (lactones) is 1. The van der Waals surface area contributed by atoms with Crippen LogP contribution in [0.2, 0.25) is 0 Å². The third kappa shape index (κ3) is 3.94. The van der Waals surface area contributed by atoms with E-state index in [0.29, 0.717) is 25.1 Å². The summed E-state index contributed by atoms with van der Waals surface area (Å²) < 4.78 is 38.1. The minimum absolute atomic E-state index is 0.121. The molecule has 8 nitrogen and oxygen atoms in total. The molecule has 0 N–H and O–H groups in total. The van der Waals surface area contributed by atoms with Crippen LogP contribution in [0.5, 0.6) is 0 Å². The molecular weight excluding hydrogens is 402 g/mol. The predicted molar refractivity (Wildman–Crippen MR) is 102 cm³/mol. The van der Waals surface area contributed by atoms with Crippen molar-refractivity contribution in [2.75, 3.05) is 13.1 Å². The third-order valence-corrected chi connectivity index (χ3v) is 7.74. The number of benzene rings is 1. The first-order valence-corrected chi connectivity index (χ1v) is 11.6. The SMILES string of the molecule is C[C@@H]1C[C@@H](Sc2nnc(-c3cccc(S(=O)(=O)N4CCCCC4)c3)o2)C(=O)O1. The highest BCUT2D eigenvalue weighted by atomic mass is 32.2. The largest absolute Gasteiger partial charge is 0.462 e. The monoisotopic (exact) mass is 423 g/mol. The molecule has 0 radical (unpaired) electrons. The van der Waals surface area contributed by atoms with Gasteiger partial charge in [0, 0.05) is 25.1 Å². The lowest BCUT2D eigenvalue weighted by atomic mass is 10.2. The van der Waals surface area contributed by atoms with Gasteiger partial charge in [0.15, 0.2) is 0 Å². The number of carbonyl (C=O) groups is 1. The lowest BCUT2D eigenvalue weighted by Gasteiger charge is -2.25. The summed E-state index contributed by atoms with van der Waals surface area (Å²) in [7, 11) is -3.54. The van der Waals surface area contributed by atoms with E-state index in [1.165, 1.54) is 16.1 Å². The molecule has 3 heterocycles. The summed E-state index contributed by atoms with van der Waals surface area (Å²) in [5.74, 6) is -0.0653. The molecule has 0 saturated carbocycles. The minimum atomic E-state index is -3.54. The zero-order chi connectivity index (χ0) is 19.7. The average Bonchev–Trinajstić information content (AvgIpc) is 3.29. The summed E-state index contributed by atoms with van der Waals surface area (Å²) in [6.07, 6.45) is 3.28. The molecule has 0 aliphatic carbocycles. The van der Waals surface area contributed by atoms with E-state index in [2.05, 4.69) is 10.2 Å². The smallest absolute Gasteiger partial charge is 0.320 e. The lowest BCUT2D eigenvalue weighted by Crippen LogP contribution is -2.35. The molecule has 28 heavy (non-hydrogen) atoms. The molecular formula is C18H21N3O5S2. The fourth-order valence-electron chi connectivity index (χ4n) is 3.36. The molecule has 1 aromatic carbocycles. The quantitative estimate of drug-likeness (QED) is 0.677. The van der Waals surface area contributed by atoms with Crippen LogP contribution in [-0.4, -0.2) is 53.3 Å². The number of carbonyl (C=O) groups excluding carboxylic acids is 1. The Kier molecular flexibility index (Phi) is 5.44. The number of hydrogen-bond acceptors (Lipinski definition) is 8. The maximum atomic E-state index is 12.9. The molecule has 2 fully saturated rings. The van der Waals surface area contributed by atoms with Crippen molar-refractivity contribution in [3.05, 3.63) is 24.3 Å². The van der Waals surface area contributed by atoms with Crippen molar-refractivity contribution in [3.8, 4) is 11.5 Å². The fraction of sp³-hybridized carbons (Fsp3) is 0.500. The van der Waals surface area contributed by atoms with E-state index in [1.807, 2.05) is 6.92 Å². The van der Waals surface area contributed by atoms with E-state index in [-0.39, 0.29) is 33.3 Å². The first-order valence-electron chi connectivity index (χ1n) is 9.25. The molecule has 1 aromatic heterocycles. The molecule has 0 spiro atoms. The zero-order valence-electron chi connectivity index (χ0n) is 15.4. The normalized spacial score (nSPS) is 23.7. The van der Waals surface area contributed by atoms with Gasteiger partial charge in [0.05, 0.1) is 4.90 Å². The van der Waals surface area contributed by atoms with E-state index in [9.17, 15) is 13.2 Å². The predicted octanol–water partition coefficient (Wildman–Crippen LogP) is 2.71. The van der Waals surface area contributed by atoms with Gasteiger partial charge in [-0.3, -0.25) is 4.79 Å². The molecule has 4 rings (SSSR count). The van der Waals surface area contributed by atoms with Gasteiger partial charge in [-0.1, -0.05) is 12.5 Å². The Labute approximate surface area is 167 Å². The summed E-state index contributed by atoms with van der Waals surface area (Å²) >= 11 is 1.17. The van der Waals surface area contributed by atoms with E-state index >= 15 is 0 Å². The van der Waals surface area contributed by atoms with Crippen molar-refractivity contribution in [2.24, 2.45) is 0 Å². The topological polar surface area (TPSA) is 103 Å². The number of thioether (sulfide) groups is 1. The Morgan fingerprint density at radius 3 is 2.68 bits per heavy atom. The maximum absolute atomic E-state index is 12.9. The summed E-state index contributed by atoms with van der Waals surface area (Å²) in [6.45, 7) is 2.93. The summed E-state index contributed by atoms with van der Waals surface area (Å²) in [4.78, 5) is 12.0. The Morgan fingerprint density at radius 2 is 1.96 bits per heavy atom. The molecule has 2 atom stereocenters. The Bertz CT molecular complexity index is 969. The molecule has 0 unspecified atom stereocenters. The number of hydrogen-bond donors (Lipinski definition) is 0. The van der Waals surface area contributed by atoms with Crippen molar-refractivity contribution < 1.29 is 22.4 Å². The second-order valence-corrected chi connectivity index (χ2v) is 10.0. The standard InChI is InChI=1S/C18H21N3O5S2/c1-12-10-15(17(22)25-12)27-18-20-19-16(26-18)13-6-5-7-14(11-13)28(23,24)21-8-3-2-4-9-21/h5-7,11-12,15H,2-4,8-10H2,1H3/t12-,15-/m1/s1. The van der Waals surface area contributed by atoms with Gasteiger partial charge < -0.3 is 9.15 Å². The van der Waals surface area contributed by atoms with E-state index < -0.39 is 10.0 Å². The number of rotatable bonds is 5. The minimum Gasteiger partial charge on any atom is -0.462 e. The zero-order valence-corrected chi connectivity index (χ0v) is 17.0. The van der Waals surface area contributed by atoms with Gasteiger partial charge in [-0.25, -0.2) is 8.42 Å². The summed E-state index contributed by atoms with van der Waals surface area (Å²) in [6, 6.07) is 6.52. The van der Waals surface area contributed by atoms with Crippen molar-refractivity contribution in [1.82, 2.24) is 14.5 Å². The first-order chi connectivity index (χ1) is 13.4. The molecule has 2 saturated heterocycles. The molecule has 2 aliphatic heterocycles. The second kappa shape index (κ2) is 7.84. The van der Waals surface area contributed by atoms with Crippen molar-refractivity contribution >= 4 is 27.8 Å². The average molecular weight is 424 g/mol. The van der Waals surface area contributed by atoms with Crippen LogP contribution < -0.4 is 0 Å².